The fraction of sp³-hybridized carbons (Fsp3) is 0.409. The number of hydrogen-bond acceptors (Lipinski definition) is 4. The van der Waals surface area contributed by atoms with Gasteiger partial charge < -0.3 is 15.0 Å². The topological polar surface area (TPSA) is 71.5 Å². The smallest absolute Gasteiger partial charge is 0.272 e. The first-order chi connectivity index (χ1) is 13.6. The summed E-state index contributed by atoms with van der Waals surface area (Å²) in [5.74, 6) is 0.399. The lowest BCUT2D eigenvalue weighted by atomic mass is 10.1. The van der Waals surface area contributed by atoms with Crippen LogP contribution in [0, 0.1) is 0 Å². The number of aromatic nitrogens is 1. The van der Waals surface area contributed by atoms with Gasteiger partial charge in [-0.3, -0.25) is 9.59 Å². The van der Waals surface area contributed by atoms with Crippen molar-refractivity contribution in [2.75, 3.05) is 26.7 Å². The standard InChI is InChI=1S/C22H29N3O3/c1-4-15-25(16-5-2)22(27)20-8-6-7-19(24-20)21(26)23-14-13-17-9-11-18(28-3)12-10-17/h6-12H,4-5,13-16H2,1-3H3,(H,23,26). The van der Waals surface area contributed by atoms with E-state index in [1.54, 1.807) is 30.2 Å². The number of nitrogens with zero attached hydrogens (tertiary/aromatic N) is 2. The number of amides is 2. The van der Waals surface area contributed by atoms with E-state index in [4.69, 9.17) is 4.74 Å². The lowest BCUT2D eigenvalue weighted by molar-refractivity contribution is 0.0749. The third-order valence-corrected chi connectivity index (χ3v) is 4.33. The van der Waals surface area contributed by atoms with E-state index in [0.717, 1.165) is 24.2 Å². The van der Waals surface area contributed by atoms with Crippen LogP contribution in [0.3, 0.4) is 0 Å². The molecule has 0 aliphatic rings. The van der Waals surface area contributed by atoms with Crippen molar-refractivity contribution in [3.05, 3.63) is 59.4 Å². The highest BCUT2D eigenvalue weighted by molar-refractivity contribution is 5.96. The van der Waals surface area contributed by atoms with Gasteiger partial charge in [-0.15, -0.1) is 0 Å². The Labute approximate surface area is 166 Å². The van der Waals surface area contributed by atoms with E-state index in [1.807, 2.05) is 38.1 Å². The molecule has 0 atom stereocenters. The van der Waals surface area contributed by atoms with Gasteiger partial charge in [-0.05, 0) is 49.1 Å². The van der Waals surface area contributed by atoms with Gasteiger partial charge >= 0.3 is 0 Å². The summed E-state index contributed by atoms with van der Waals surface area (Å²) in [5, 5.41) is 2.86. The lowest BCUT2D eigenvalue weighted by Crippen LogP contribution is -2.34. The minimum absolute atomic E-state index is 0.128. The Bertz CT molecular complexity index is 769. The minimum atomic E-state index is -0.277. The van der Waals surface area contributed by atoms with E-state index in [0.29, 0.717) is 31.7 Å². The Hall–Kier alpha value is -2.89. The second-order valence-corrected chi connectivity index (χ2v) is 6.55. The molecule has 6 nitrogen and oxygen atoms in total. The van der Waals surface area contributed by atoms with Crippen molar-refractivity contribution in [1.29, 1.82) is 0 Å². The molecule has 28 heavy (non-hydrogen) atoms. The van der Waals surface area contributed by atoms with E-state index in [1.165, 1.54) is 0 Å². The van der Waals surface area contributed by atoms with Crippen LogP contribution in [0.15, 0.2) is 42.5 Å². The molecular formula is C22H29N3O3. The number of carbonyl (C=O) groups is 2. The summed E-state index contributed by atoms with van der Waals surface area (Å²) < 4.78 is 5.14. The maximum absolute atomic E-state index is 12.7. The monoisotopic (exact) mass is 383 g/mol. The predicted octanol–water partition coefficient (Wildman–Crippen LogP) is 3.32. The van der Waals surface area contributed by atoms with E-state index < -0.39 is 0 Å². The summed E-state index contributed by atoms with van der Waals surface area (Å²) in [7, 11) is 1.63. The Morgan fingerprint density at radius 3 is 2.25 bits per heavy atom. The second kappa shape index (κ2) is 11.1. The van der Waals surface area contributed by atoms with E-state index in [-0.39, 0.29) is 17.5 Å². The summed E-state index contributed by atoms with van der Waals surface area (Å²) in [6.07, 6.45) is 2.48. The van der Waals surface area contributed by atoms with Crippen molar-refractivity contribution >= 4 is 11.8 Å². The van der Waals surface area contributed by atoms with Crippen LogP contribution in [0.5, 0.6) is 5.75 Å². The van der Waals surface area contributed by atoms with Gasteiger partial charge in [0.1, 0.15) is 17.1 Å². The number of nitrogens with one attached hydrogen (secondary N) is 1. The van der Waals surface area contributed by atoms with Crippen LogP contribution in [-0.4, -0.2) is 48.4 Å². The molecule has 2 amide bonds. The summed E-state index contributed by atoms with van der Waals surface area (Å²) in [4.78, 5) is 31.2. The molecule has 2 rings (SSSR count). The maximum atomic E-state index is 12.7. The van der Waals surface area contributed by atoms with Crippen molar-refractivity contribution in [3.63, 3.8) is 0 Å². The molecule has 0 aliphatic heterocycles. The second-order valence-electron chi connectivity index (χ2n) is 6.55. The van der Waals surface area contributed by atoms with Gasteiger partial charge in [0.15, 0.2) is 0 Å². The van der Waals surface area contributed by atoms with Crippen molar-refractivity contribution in [3.8, 4) is 5.75 Å². The number of benzene rings is 1. The highest BCUT2D eigenvalue weighted by Crippen LogP contribution is 2.11. The Morgan fingerprint density at radius 2 is 1.64 bits per heavy atom. The first-order valence-electron chi connectivity index (χ1n) is 9.76. The molecule has 0 spiro atoms. The van der Waals surface area contributed by atoms with E-state index in [9.17, 15) is 9.59 Å². The number of carbonyl (C=O) groups excluding carboxylic acids is 2. The molecule has 0 saturated carbocycles. The van der Waals surface area contributed by atoms with Crippen LogP contribution in [0.1, 0.15) is 53.2 Å². The molecule has 1 aromatic heterocycles. The zero-order valence-electron chi connectivity index (χ0n) is 16.9. The molecule has 2 aromatic rings. The third kappa shape index (κ3) is 6.08. The zero-order valence-corrected chi connectivity index (χ0v) is 16.9. The molecule has 0 unspecified atom stereocenters. The van der Waals surface area contributed by atoms with Crippen LogP contribution in [0.4, 0.5) is 0 Å². The SMILES string of the molecule is CCCN(CCC)C(=O)c1cccc(C(=O)NCCc2ccc(OC)cc2)n1. The van der Waals surface area contributed by atoms with Crippen molar-refractivity contribution in [2.45, 2.75) is 33.1 Å². The Kier molecular flexibility index (Phi) is 8.46. The lowest BCUT2D eigenvalue weighted by Gasteiger charge is -2.21. The number of ether oxygens (including phenoxy) is 1. The molecule has 1 aromatic carbocycles. The summed E-state index contributed by atoms with van der Waals surface area (Å²) in [6, 6.07) is 12.7. The third-order valence-electron chi connectivity index (χ3n) is 4.33. The minimum Gasteiger partial charge on any atom is -0.497 e. The average Bonchev–Trinajstić information content (AvgIpc) is 2.73. The Balaban J connectivity index is 1.95. The van der Waals surface area contributed by atoms with Crippen LogP contribution in [0.2, 0.25) is 0 Å². The highest BCUT2D eigenvalue weighted by atomic mass is 16.5. The van der Waals surface area contributed by atoms with Crippen LogP contribution in [-0.2, 0) is 6.42 Å². The predicted molar refractivity (Wildman–Crippen MR) is 110 cm³/mol. The van der Waals surface area contributed by atoms with Gasteiger partial charge in [-0.2, -0.15) is 0 Å². The van der Waals surface area contributed by atoms with Gasteiger partial charge in [0.25, 0.3) is 11.8 Å². The average molecular weight is 383 g/mol. The number of methoxy groups -OCH3 is 1. The van der Waals surface area contributed by atoms with Crippen LogP contribution in [0.25, 0.3) is 0 Å². The highest BCUT2D eigenvalue weighted by Gasteiger charge is 2.17. The first-order valence-corrected chi connectivity index (χ1v) is 9.76. The molecule has 0 saturated heterocycles. The molecule has 1 N–H and O–H groups in total. The number of pyridine rings is 1. The normalized spacial score (nSPS) is 10.4. The van der Waals surface area contributed by atoms with Crippen LogP contribution < -0.4 is 10.1 Å². The Morgan fingerprint density at radius 1 is 1.00 bits per heavy atom. The first kappa shape index (κ1) is 21.4. The molecular weight excluding hydrogens is 354 g/mol. The molecule has 6 heteroatoms. The summed E-state index contributed by atoms with van der Waals surface area (Å²) >= 11 is 0. The van der Waals surface area contributed by atoms with E-state index in [2.05, 4.69) is 10.3 Å². The van der Waals surface area contributed by atoms with Gasteiger partial charge in [0.05, 0.1) is 7.11 Å². The van der Waals surface area contributed by atoms with Crippen molar-refractivity contribution < 1.29 is 14.3 Å². The molecule has 1 heterocycles. The molecule has 0 aliphatic carbocycles. The molecule has 0 fully saturated rings. The summed E-state index contributed by atoms with van der Waals surface area (Å²) in [6.45, 7) is 5.94. The van der Waals surface area contributed by atoms with Crippen LogP contribution >= 0.6 is 0 Å². The number of rotatable bonds is 10. The number of hydrogen-bond donors (Lipinski definition) is 1. The quantitative estimate of drug-likeness (QED) is 0.683. The summed E-state index contributed by atoms with van der Waals surface area (Å²) in [5.41, 5.74) is 1.67. The molecule has 0 bridgehead atoms. The fourth-order valence-electron chi connectivity index (χ4n) is 2.90. The maximum Gasteiger partial charge on any atom is 0.272 e. The fourth-order valence-corrected chi connectivity index (χ4v) is 2.90. The zero-order chi connectivity index (χ0) is 20.4. The molecule has 0 radical (unpaired) electrons. The van der Waals surface area contributed by atoms with Gasteiger partial charge in [-0.1, -0.05) is 32.0 Å². The molecule has 150 valence electrons. The largest absolute Gasteiger partial charge is 0.497 e. The van der Waals surface area contributed by atoms with Gasteiger partial charge in [0, 0.05) is 19.6 Å². The van der Waals surface area contributed by atoms with Gasteiger partial charge in [-0.25, -0.2) is 4.98 Å². The van der Waals surface area contributed by atoms with E-state index >= 15 is 0 Å². The van der Waals surface area contributed by atoms with Crippen molar-refractivity contribution in [2.24, 2.45) is 0 Å². The van der Waals surface area contributed by atoms with Gasteiger partial charge in [0.2, 0.25) is 0 Å². The van der Waals surface area contributed by atoms with Crippen molar-refractivity contribution in [1.82, 2.24) is 15.2 Å².